The van der Waals surface area contributed by atoms with Crippen LogP contribution in [-0.4, -0.2) is 18.5 Å². The molecule has 1 aliphatic heterocycles. The fourth-order valence-electron chi connectivity index (χ4n) is 4.61. The van der Waals surface area contributed by atoms with Crippen LogP contribution in [0.4, 0.5) is 0 Å². The molecule has 4 nitrogen and oxygen atoms in total. The largest absolute Gasteiger partial charge is 0.279 e. The highest BCUT2D eigenvalue weighted by Gasteiger charge is 2.50. The third-order valence-electron chi connectivity index (χ3n) is 6.41. The number of halogens is 1. The van der Waals surface area contributed by atoms with E-state index in [-0.39, 0.29) is 4.90 Å². The zero-order chi connectivity index (χ0) is 24.5. The molecule has 0 amide bonds. The first kappa shape index (κ1) is 23.5. The van der Waals surface area contributed by atoms with Gasteiger partial charge < -0.3 is 0 Å². The Labute approximate surface area is 215 Å². The summed E-state index contributed by atoms with van der Waals surface area (Å²) in [7, 11) is -3.94. The smallest absolute Gasteiger partial charge is 0.200 e. The highest BCUT2D eigenvalue weighted by molar-refractivity contribution is 9.10. The van der Waals surface area contributed by atoms with E-state index in [9.17, 15) is 8.42 Å². The normalized spacial score (nSPS) is 17.9. The molecule has 1 atom stereocenters. The summed E-state index contributed by atoms with van der Waals surface area (Å²) in [5, 5.41) is 4.83. The Morgan fingerprint density at radius 1 is 0.829 bits per heavy atom. The molecule has 0 N–H and O–H groups in total. The van der Waals surface area contributed by atoms with Crippen LogP contribution in [0.5, 0.6) is 0 Å². The van der Waals surface area contributed by atoms with E-state index in [0.29, 0.717) is 12.8 Å². The maximum absolute atomic E-state index is 14.2. The van der Waals surface area contributed by atoms with Gasteiger partial charge in [0.2, 0.25) is 0 Å². The van der Waals surface area contributed by atoms with Crippen molar-refractivity contribution >= 4 is 31.7 Å². The lowest BCUT2D eigenvalue weighted by molar-refractivity contribution is 0.221. The average Bonchev–Trinajstić information content (AvgIpc) is 3.27. The first-order chi connectivity index (χ1) is 16.9. The Hall–Kier alpha value is -3.22. The summed E-state index contributed by atoms with van der Waals surface area (Å²) < 4.78 is 30.7. The molecule has 0 radical (unpaired) electrons. The fourth-order valence-corrected chi connectivity index (χ4v) is 6.45. The van der Waals surface area contributed by atoms with Crippen molar-refractivity contribution < 1.29 is 8.42 Å². The first-order valence-corrected chi connectivity index (χ1v) is 13.7. The standard InChI is InChI=1S/C29H25BrN2O2S/c1-22-12-18-27(19-13-22)35(33,34)32-29(25-10-6-3-7-11-25,20-23-8-4-2-5-9-23)21-28(31-32)24-14-16-26(30)17-15-24/h2-19H,20-21H2,1H3. The quantitative estimate of drug-likeness (QED) is 0.271. The lowest BCUT2D eigenvalue weighted by atomic mass is 9.80. The summed E-state index contributed by atoms with van der Waals surface area (Å²) in [6.07, 6.45) is 0.950. The molecule has 6 heteroatoms. The second kappa shape index (κ2) is 9.44. The van der Waals surface area contributed by atoms with E-state index in [1.165, 1.54) is 4.41 Å². The van der Waals surface area contributed by atoms with Gasteiger partial charge in [-0.1, -0.05) is 106 Å². The molecule has 0 saturated carbocycles. The number of sulfonamides is 1. The molecule has 0 bridgehead atoms. The third-order valence-corrected chi connectivity index (χ3v) is 8.70. The molecule has 1 aliphatic rings. The number of benzene rings is 4. The van der Waals surface area contributed by atoms with Crippen LogP contribution in [0.2, 0.25) is 0 Å². The van der Waals surface area contributed by atoms with Gasteiger partial charge in [0.25, 0.3) is 10.0 Å². The topological polar surface area (TPSA) is 49.7 Å². The van der Waals surface area contributed by atoms with Crippen molar-refractivity contribution in [1.29, 1.82) is 0 Å². The Morgan fingerprint density at radius 2 is 1.43 bits per heavy atom. The molecule has 1 heterocycles. The van der Waals surface area contributed by atoms with Gasteiger partial charge in [-0.25, -0.2) is 0 Å². The van der Waals surface area contributed by atoms with Gasteiger partial charge in [-0.15, -0.1) is 0 Å². The molecule has 1 unspecified atom stereocenters. The van der Waals surface area contributed by atoms with E-state index in [4.69, 9.17) is 5.10 Å². The van der Waals surface area contributed by atoms with Gasteiger partial charge in [0.15, 0.2) is 0 Å². The zero-order valence-electron chi connectivity index (χ0n) is 19.3. The van der Waals surface area contributed by atoms with Crippen LogP contribution in [0, 0.1) is 6.92 Å². The highest BCUT2D eigenvalue weighted by atomic mass is 79.9. The summed E-state index contributed by atoms with van der Waals surface area (Å²) in [5.74, 6) is 0. The molecule has 0 aromatic heterocycles. The van der Waals surface area contributed by atoms with Gasteiger partial charge in [-0.05, 0) is 47.9 Å². The second-order valence-corrected chi connectivity index (χ2v) is 11.5. The Bertz CT molecular complexity index is 1450. The lowest BCUT2D eigenvalue weighted by Gasteiger charge is -2.37. The molecule has 176 valence electrons. The van der Waals surface area contributed by atoms with E-state index in [0.717, 1.165) is 32.4 Å². The summed E-state index contributed by atoms with van der Waals surface area (Å²) >= 11 is 3.49. The Kier molecular flexibility index (Phi) is 6.34. The van der Waals surface area contributed by atoms with Crippen molar-refractivity contribution in [3.05, 3.63) is 136 Å². The molecule has 35 heavy (non-hydrogen) atoms. The van der Waals surface area contributed by atoms with Crippen LogP contribution in [-0.2, 0) is 22.0 Å². The van der Waals surface area contributed by atoms with Crippen LogP contribution in [0.1, 0.15) is 28.7 Å². The van der Waals surface area contributed by atoms with Gasteiger partial charge in [-0.3, -0.25) is 0 Å². The van der Waals surface area contributed by atoms with Crippen LogP contribution < -0.4 is 0 Å². The molecule has 4 aromatic rings. The van der Waals surface area contributed by atoms with Gasteiger partial charge in [-0.2, -0.15) is 17.9 Å². The zero-order valence-corrected chi connectivity index (χ0v) is 21.7. The third kappa shape index (κ3) is 4.56. The molecule has 0 fully saturated rings. The minimum absolute atomic E-state index is 0.234. The number of hydrogen-bond donors (Lipinski definition) is 0. The Morgan fingerprint density at radius 3 is 2.06 bits per heavy atom. The van der Waals surface area contributed by atoms with E-state index >= 15 is 0 Å². The van der Waals surface area contributed by atoms with E-state index in [1.54, 1.807) is 12.1 Å². The molecule has 4 aromatic carbocycles. The molecular formula is C29H25BrN2O2S. The fraction of sp³-hybridized carbons (Fsp3) is 0.138. The highest BCUT2D eigenvalue weighted by Crippen LogP contribution is 2.45. The van der Waals surface area contributed by atoms with E-state index in [2.05, 4.69) is 15.9 Å². The number of nitrogens with zero attached hydrogens (tertiary/aromatic N) is 2. The van der Waals surface area contributed by atoms with Crippen LogP contribution in [0.25, 0.3) is 0 Å². The summed E-state index contributed by atoms with van der Waals surface area (Å²) in [4.78, 5) is 0.234. The van der Waals surface area contributed by atoms with Gasteiger partial charge in [0.1, 0.15) is 5.54 Å². The van der Waals surface area contributed by atoms with Crippen molar-refractivity contribution in [3.63, 3.8) is 0 Å². The molecule has 0 saturated heterocycles. The second-order valence-electron chi connectivity index (χ2n) is 8.85. The number of rotatable bonds is 6. The van der Waals surface area contributed by atoms with Crippen molar-refractivity contribution in [2.24, 2.45) is 5.10 Å². The number of hydrogen-bond acceptors (Lipinski definition) is 3. The van der Waals surface area contributed by atoms with Crippen molar-refractivity contribution in [2.75, 3.05) is 0 Å². The molecule has 0 aliphatic carbocycles. The van der Waals surface area contributed by atoms with Gasteiger partial charge >= 0.3 is 0 Å². The lowest BCUT2D eigenvalue weighted by Crippen LogP contribution is -2.45. The monoisotopic (exact) mass is 544 g/mol. The van der Waals surface area contributed by atoms with Crippen LogP contribution in [0.3, 0.4) is 0 Å². The summed E-state index contributed by atoms with van der Waals surface area (Å²) in [6, 6.07) is 34.7. The maximum Gasteiger partial charge on any atom is 0.279 e. The summed E-state index contributed by atoms with van der Waals surface area (Å²) in [6.45, 7) is 1.94. The molecular weight excluding hydrogens is 520 g/mol. The molecule has 5 rings (SSSR count). The minimum Gasteiger partial charge on any atom is -0.200 e. The van der Waals surface area contributed by atoms with Gasteiger partial charge in [0, 0.05) is 17.3 Å². The van der Waals surface area contributed by atoms with Crippen LogP contribution >= 0.6 is 15.9 Å². The number of aryl methyl sites for hydroxylation is 1. The van der Waals surface area contributed by atoms with Crippen molar-refractivity contribution in [1.82, 2.24) is 4.41 Å². The van der Waals surface area contributed by atoms with Crippen molar-refractivity contribution in [3.8, 4) is 0 Å². The van der Waals surface area contributed by atoms with E-state index in [1.807, 2.05) is 104 Å². The van der Waals surface area contributed by atoms with Crippen molar-refractivity contribution in [2.45, 2.75) is 30.2 Å². The van der Waals surface area contributed by atoms with Crippen LogP contribution in [0.15, 0.2) is 124 Å². The predicted octanol–water partition coefficient (Wildman–Crippen LogP) is 6.69. The first-order valence-electron chi connectivity index (χ1n) is 11.4. The predicted molar refractivity (Wildman–Crippen MR) is 144 cm³/mol. The van der Waals surface area contributed by atoms with Gasteiger partial charge in [0.05, 0.1) is 10.6 Å². The maximum atomic E-state index is 14.2. The average molecular weight is 546 g/mol. The molecule has 0 spiro atoms. The summed E-state index contributed by atoms with van der Waals surface area (Å²) in [5.41, 5.74) is 3.71. The van der Waals surface area contributed by atoms with E-state index < -0.39 is 15.6 Å². The minimum atomic E-state index is -3.94. The Balaban J connectivity index is 1.72. The SMILES string of the molecule is Cc1ccc(S(=O)(=O)N2N=C(c3ccc(Br)cc3)CC2(Cc2ccccc2)c2ccccc2)cc1. The number of hydrazone groups is 1.